The highest BCUT2D eigenvalue weighted by atomic mass is 35.5. The van der Waals surface area contributed by atoms with Gasteiger partial charge in [-0.15, -0.1) is 0 Å². The molecular weight excluding hydrogens is 442 g/mol. The maximum absolute atomic E-state index is 13.5. The summed E-state index contributed by atoms with van der Waals surface area (Å²) in [6.45, 7) is 1.30. The largest absolute Gasteiger partial charge is 0.417 e. The van der Waals surface area contributed by atoms with E-state index in [1.807, 2.05) is 0 Å². The van der Waals surface area contributed by atoms with Crippen molar-refractivity contribution < 1.29 is 27.5 Å². The number of nitrogens with two attached hydrogens (primary N) is 1. The number of hydrogen-bond acceptors (Lipinski definition) is 6. The van der Waals surface area contributed by atoms with Crippen molar-refractivity contribution in [3.63, 3.8) is 0 Å². The molecule has 1 fully saturated rings. The van der Waals surface area contributed by atoms with E-state index in [1.165, 1.54) is 13.0 Å². The predicted molar refractivity (Wildman–Crippen MR) is 105 cm³/mol. The third-order valence-corrected chi connectivity index (χ3v) is 5.09. The standard InChI is InChI=1S/C19H16ClF4N5O2/c1-8-4-10(19(22,23)24)9(7-25)17(27-8)29-3-2-15(30)16(29)18(31)28-14-5-11(20)12(21)6-13(14)26/h4-6,15-16,30H,2-3,26H2,1H3,(H,28,31)/t15-,16-/m0/s1. The van der Waals surface area contributed by atoms with Crippen LogP contribution in [0.1, 0.15) is 23.2 Å². The molecular formula is C19H16ClF4N5O2. The van der Waals surface area contributed by atoms with Gasteiger partial charge in [-0.05, 0) is 25.5 Å². The molecule has 2 atom stereocenters. The summed E-state index contributed by atoms with van der Waals surface area (Å²) in [6, 6.07) is 2.84. The van der Waals surface area contributed by atoms with Gasteiger partial charge in [-0.1, -0.05) is 11.6 Å². The minimum absolute atomic E-state index is 0.0172. The van der Waals surface area contributed by atoms with E-state index in [-0.39, 0.29) is 40.9 Å². The van der Waals surface area contributed by atoms with Crippen molar-refractivity contribution in [1.82, 2.24) is 4.98 Å². The lowest BCUT2D eigenvalue weighted by Crippen LogP contribution is -2.46. The van der Waals surface area contributed by atoms with Gasteiger partial charge in [0.1, 0.15) is 29.3 Å². The van der Waals surface area contributed by atoms with Crippen LogP contribution in [-0.4, -0.2) is 34.7 Å². The van der Waals surface area contributed by atoms with Crippen molar-refractivity contribution in [2.45, 2.75) is 31.7 Å². The number of benzene rings is 1. The number of anilines is 3. The van der Waals surface area contributed by atoms with Crippen molar-refractivity contribution in [2.75, 3.05) is 22.5 Å². The fourth-order valence-corrected chi connectivity index (χ4v) is 3.57. The lowest BCUT2D eigenvalue weighted by atomic mass is 10.1. The molecule has 2 aromatic rings. The van der Waals surface area contributed by atoms with E-state index < -0.39 is 41.2 Å². The van der Waals surface area contributed by atoms with Gasteiger partial charge in [-0.3, -0.25) is 4.79 Å². The number of aliphatic hydroxyl groups excluding tert-OH is 1. The zero-order valence-electron chi connectivity index (χ0n) is 16.0. The average molecular weight is 458 g/mol. The number of pyridine rings is 1. The van der Waals surface area contributed by atoms with E-state index in [0.717, 1.165) is 23.1 Å². The number of carbonyl (C=O) groups is 1. The van der Waals surface area contributed by atoms with E-state index in [2.05, 4.69) is 10.3 Å². The van der Waals surface area contributed by atoms with E-state index in [4.69, 9.17) is 17.3 Å². The third-order valence-electron chi connectivity index (χ3n) is 4.80. The van der Waals surface area contributed by atoms with E-state index in [1.54, 1.807) is 0 Å². The smallest absolute Gasteiger partial charge is 0.397 e. The maximum Gasteiger partial charge on any atom is 0.417 e. The number of nitrogens with one attached hydrogen (secondary N) is 1. The summed E-state index contributed by atoms with van der Waals surface area (Å²) in [7, 11) is 0. The Morgan fingerprint density at radius 2 is 2.10 bits per heavy atom. The maximum atomic E-state index is 13.5. The van der Waals surface area contributed by atoms with Crippen LogP contribution in [0.25, 0.3) is 0 Å². The first-order valence-electron chi connectivity index (χ1n) is 8.93. The van der Waals surface area contributed by atoms with Crippen LogP contribution < -0.4 is 16.0 Å². The van der Waals surface area contributed by atoms with Crippen molar-refractivity contribution >= 4 is 34.7 Å². The van der Waals surface area contributed by atoms with E-state index in [9.17, 15) is 32.7 Å². The van der Waals surface area contributed by atoms with Crippen LogP contribution in [-0.2, 0) is 11.0 Å². The number of aromatic nitrogens is 1. The molecule has 0 saturated carbocycles. The Kier molecular flexibility index (Phi) is 5.98. The fraction of sp³-hybridized carbons (Fsp3) is 0.316. The molecule has 31 heavy (non-hydrogen) atoms. The summed E-state index contributed by atoms with van der Waals surface area (Å²) in [6.07, 6.45) is -6.04. The molecule has 0 unspecified atom stereocenters. The van der Waals surface area contributed by atoms with Gasteiger partial charge in [-0.2, -0.15) is 18.4 Å². The third kappa shape index (κ3) is 4.35. The normalized spacial score (nSPS) is 18.7. The van der Waals surface area contributed by atoms with Crippen LogP contribution in [0.5, 0.6) is 0 Å². The zero-order chi connectivity index (χ0) is 23.1. The Hall–Kier alpha value is -3.10. The van der Waals surface area contributed by atoms with Crippen molar-refractivity contribution in [3.8, 4) is 6.07 Å². The SMILES string of the molecule is Cc1cc(C(F)(F)F)c(C#N)c(N2CC[C@H](O)[C@H]2C(=O)Nc2cc(Cl)c(F)cc2N)n1. The average Bonchev–Trinajstić information content (AvgIpc) is 3.06. The highest BCUT2D eigenvalue weighted by Crippen LogP contribution is 2.38. The second-order valence-corrected chi connectivity index (χ2v) is 7.36. The number of carbonyl (C=O) groups excluding carboxylic acids is 1. The highest BCUT2D eigenvalue weighted by molar-refractivity contribution is 6.31. The quantitative estimate of drug-likeness (QED) is 0.481. The van der Waals surface area contributed by atoms with Gasteiger partial charge in [0.2, 0.25) is 5.91 Å². The van der Waals surface area contributed by atoms with Crippen LogP contribution >= 0.6 is 11.6 Å². The fourth-order valence-electron chi connectivity index (χ4n) is 3.41. The number of amides is 1. The predicted octanol–water partition coefficient (Wildman–Crippen LogP) is 3.23. The molecule has 2 heterocycles. The van der Waals surface area contributed by atoms with Gasteiger partial charge < -0.3 is 21.1 Å². The molecule has 0 radical (unpaired) electrons. The molecule has 0 aliphatic carbocycles. The molecule has 7 nitrogen and oxygen atoms in total. The number of halogens is 5. The van der Waals surface area contributed by atoms with Gasteiger partial charge >= 0.3 is 6.18 Å². The van der Waals surface area contributed by atoms with E-state index in [0.29, 0.717) is 0 Å². The number of nitrogens with zero attached hydrogens (tertiary/aromatic N) is 3. The van der Waals surface area contributed by atoms with Crippen LogP contribution in [0, 0.1) is 24.1 Å². The number of aryl methyl sites for hydroxylation is 1. The summed E-state index contributed by atoms with van der Waals surface area (Å²) in [5, 5.41) is 21.8. The van der Waals surface area contributed by atoms with Crippen molar-refractivity contribution in [1.29, 1.82) is 5.26 Å². The van der Waals surface area contributed by atoms with Crippen LogP contribution in [0.2, 0.25) is 5.02 Å². The summed E-state index contributed by atoms with van der Waals surface area (Å²) in [5.74, 6) is -2.00. The van der Waals surface area contributed by atoms with Gasteiger partial charge in [0.25, 0.3) is 0 Å². The Morgan fingerprint density at radius 1 is 1.42 bits per heavy atom. The topological polar surface area (TPSA) is 115 Å². The molecule has 1 aliphatic heterocycles. The summed E-state index contributed by atoms with van der Waals surface area (Å²) in [4.78, 5) is 18.1. The minimum atomic E-state index is -4.82. The van der Waals surface area contributed by atoms with Crippen molar-refractivity contribution in [2.24, 2.45) is 0 Å². The zero-order valence-corrected chi connectivity index (χ0v) is 16.7. The second kappa shape index (κ2) is 8.20. The monoisotopic (exact) mass is 457 g/mol. The molecule has 164 valence electrons. The van der Waals surface area contributed by atoms with Gasteiger partial charge in [0.05, 0.1) is 28.1 Å². The van der Waals surface area contributed by atoms with Gasteiger partial charge in [-0.25, -0.2) is 9.37 Å². The molecule has 4 N–H and O–H groups in total. The van der Waals surface area contributed by atoms with Crippen molar-refractivity contribution in [3.05, 3.63) is 45.9 Å². The van der Waals surface area contributed by atoms with Gasteiger partial charge in [0, 0.05) is 18.3 Å². The molecule has 0 spiro atoms. The second-order valence-electron chi connectivity index (χ2n) is 6.96. The number of aliphatic hydroxyl groups is 1. The first kappa shape index (κ1) is 22.6. The molecule has 0 bridgehead atoms. The van der Waals surface area contributed by atoms with Crippen LogP contribution in [0.3, 0.4) is 0 Å². The number of rotatable bonds is 3. The minimum Gasteiger partial charge on any atom is -0.397 e. The summed E-state index contributed by atoms with van der Waals surface area (Å²) >= 11 is 5.71. The number of alkyl halides is 3. The Balaban J connectivity index is 2.02. The lowest BCUT2D eigenvalue weighted by Gasteiger charge is -2.28. The first-order valence-corrected chi connectivity index (χ1v) is 9.31. The molecule has 1 amide bonds. The number of nitrogen functional groups attached to an aromatic ring is 1. The van der Waals surface area contributed by atoms with Crippen LogP contribution in [0.15, 0.2) is 18.2 Å². The highest BCUT2D eigenvalue weighted by Gasteiger charge is 2.43. The van der Waals surface area contributed by atoms with E-state index >= 15 is 0 Å². The van der Waals surface area contributed by atoms with Crippen LogP contribution in [0.4, 0.5) is 34.8 Å². The van der Waals surface area contributed by atoms with Gasteiger partial charge in [0.15, 0.2) is 0 Å². The Bertz CT molecular complexity index is 1090. The molecule has 1 aliphatic rings. The Labute approximate surface area is 179 Å². The lowest BCUT2D eigenvalue weighted by molar-refractivity contribution is -0.137. The summed E-state index contributed by atoms with van der Waals surface area (Å²) < 4.78 is 53.8. The first-order chi connectivity index (χ1) is 14.4. The summed E-state index contributed by atoms with van der Waals surface area (Å²) in [5.41, 5.74) is 3.54. The molecule has 1 aromatic carbocycles. The molecule has 12 heteroatoms. The Morgan fingerprint density at radius 3 is 2.71 bits per heavy atom. The number of hydrogen-bond donors (Lipinski definition) is 3. The number of nitriles is 1. The molecule has 3 rings (SSSR count). The molecule has 1 saturated heterocycles. The molecule has 1 aromatic heterocycles.